The van der Waals surface area contributed by atoms with Crippen LogP contribution in [-0.2, 0) is 0 Å². The van der Waals surface area contributed by atoms with E-state index in [0.29, 0.717) is 5.56 Å². The first kappa shape index (κ1) is 14.1. The standard InChI is InChI=1S/C14H8FN3O3/c15-9-2-4-11(10(5-9)14(20)21)18-13(19)12-3-1-8(6-16)7-17-12/h1-5,7H,(H,18,19)(H,20,21). The third kappa shape index (κ3) is 3.19. The van der Waals surface area contributed by atoms with Gasteiger partial charge in [-0.1, -0.05) is 0 Å². The maximum atomic E-state index is 13.0. The van der Waals surface area contributed by atoms with Crippen LogP contribution >= 0.6 is 0 Å². The Morgan fingerprint density at radius 3 is 2.62 bits per heavy atom. The number of rotatable bonds is 3. The Morgan fingerprint density at radius 1 is 1.29 bits per heavy atom. The molecule has 0 fully saturated rings. The summed E-state index contributed by atoms with van der Waals surface area (Å²) in [7, 11) is 0. The van der Waals surface area contributed by atoms with Gasteiger partial charge in [0.2, 0.25) is 0 Å². The van der Waals surface area contributed by atoms with Crippen molar-refractivity contribution >= 4 is 17.6 Å². The Bertz CT molecular complexity index is 751. The molecule has 0 spiro atoms. The molecule has 7 heteroatoms. The van der Waals surface area contributed by atoms with E-state index in [1.807, 2.05) is 6.07 Å². The van der Waals surface area contributed by atoms with Gasteiger partial charge in [0.1, 0.15) is 17.6 Å². The van der Waals surface area contributed by atoms with Crippen molar-refractivity contribution in [2.75, 3.05) is 5.32 Å². The van der Waals surface area contributed by atoms with Crippen LogP contribution < -0.4 is 5.32 Å². The van der Waals surface area contributed by atoms with Crippen LogP contribution in [0.15, 0.2) is 36.5 Å². The zero-order chi connectivity index (χ0) is 15.4. The second-order valence-electron chi connectivity index (χ2n) is 3.99. The monoisotopic (exact) mass is 285 g/mol. The number of aromatic carboxylic acids is 1. The molecule has 0 atom stereocenters. The average molecular weight is 285 g/mol. The molecule has 2 aromatic rings. The van der Waals surface area contributed by atoms with Crippen LogP contribution in [0.5, 0.6) is 0 Å². The van der Waals surface area contributed by atoms with E-state index < -0.39 is 17.7 Å². The van der Waals surface area contributed by atoms with Gasteiger partial charge in [-0.25, -0.2) is 14.2 Å². The molecule has 1 heterocycles. The Labute approximate surface area is 118 Å². The van der Waals surface area contributed by atoms with E-state index in [1.165, 1.54) is 18.3 Å². The van der Waals surface area contributed by atoms with Crippen molar-refractivity contribution in [3.63, 3.8) is 0 Å². The number of carbonyl (C=O) groups is 2. The van der Waals surface area contributed by atoms with Crippen molar-refractivity contribution in [3.8, 4) is 6.07 Å². The fourth-order valence-electron chi connectivity index (χ4n) is 1.58. The van der Waals surface area contributed by atoms with Gasteiger partial charge in [0, 0.05) is 6.20 Å². The molecule has 0 aliphatic carbocycles. The topological polar surface area (TPSA) is 103 Å². The van der Waals surface area contributed by atoms with E-state index in [9.17, 15) is 14.0 Å². The number of hydrogen-bond donors (Lipinski definition) is 2. The van der Waals surface area contributed by atoms with Gasteiger partial charge >= 0.3 is 5.97 Å². The maximum absolute atomic E-state index is 13.0. The second kappa shape index (κ2) is 5.79. The van der Waals surface area contributed by atoms with Gasteiger partial charge in [0.15, 0.2) is 0 Å². The number of halogens is 1. The summed E-state index contributed by atoms with van der Waals surface area (Å²) in [6, 6.07) is 7.60. The van der Waals surface area contributed by atoms with E-state index >= 15 is 0 Å². The normalized spacial score (nSPS) is 9.71. The number of nitrogens with zero attached hydrogens (tertiary/aromatic N) is 2. The number of carboxylic acid groups (broad SMARTS) is 1. The predicted octanol–water partition coefficient (Wildman–Crippen LogP) is 2.04. The molecule has 104 valence electrons. The minimum Gasteiger partial charge on any atom is -0.478 e. The first-order valence-corrected chi connectivity index (χ1v) is 5.71. The van der Waals surface area contributed by atoms with E-state index in [-0.39, 0.29) is 16.9 Å². The molecule has 0 saturated carbocycles. The third-order valence-corrected chi connectivity index (χ3v) is 2.59. The highest BCUT2D eigenvalue weighted by atomic mass is 19.1. The molecule has 1 amide bonds. The van der Waals surface area contributed by atoms with Crippen molar-refractivity contribution in [1.29, 1.82) is 5.26 Å². The summed E-state index contributed by atoms with van der Waals surface area (Å²) in [6.45, 7) is 0. The molecule has 0 radical (unpaired) electrons. The Kier molecular flexibility index (Phi) is 3.90. The Morgan fingerprint density at radius 2 is 2.05 bits per heavy atom. The second-order valence-corrected chi connectivity index (χ2v) is 3.99. The van der Waals surface area contributed by atoms with Crippen LogP contribution in [0.1, 0.15) is 26.4 Å². The minimum absolute atomic E-state index is 0.00895. The number of hydrogen-bond acceptors (Lipinski definition) is 4. The fraction of sp³-hybridized carbons (Fsp3) is 0. The quantitative estimate of drug-likeness (QED) is 0.898. The SMILES string of the molecule is N#Cc1ccc(C(=O)Nc2ccc(F)cc2C(=O)O)nc1. The molecule has 2 rings (SSSR count). The van der Waals surface area contributed by atoms with Gasteiger partial charge in [0.05, 0.1) is 16.8 Å². The highest BCUT2D eigenvalue weighted by molar-refractivity contribution is 6.06. The molecule has 0 aliphatic rings. The summed E-state index contributed by atoms with van der Waals surface area (Å²) in [5.74, 6) is -2.74. The lowest BCUT2D eigenvalue weighted by atomic mass is 10.1. The molecule has 21 heavy (non-hydrogen) atoms. The van der Waals surface area contributed by atoms with Crippen LogP contribution in [0.25, 0.3) is 0 Å². The summed E-state index contributed by atoms with van der Waals surface area (Å²) >= 11 is 0. The summed E-state index contributed by atoms with van der Waals surface area (Å²) in [6.07, 6.45) is 1.22. The lowest BCUT2D eigenvalue weighted by Crippen LogP contribution is -2.16. The van der Waals surface area contributed by atoms with Gasteiger partial charge in [0.25, 0.3) is 5.91 Å². The minimum atomic E-state index is -1.36. The molecule has 0 bridgehead atoms. The maximum Gasteiger partial charge on any atom is 0.337 e. The van der Waals surface area contributed by atoms with Crippen LogP contribution in [0, 0.1) is 17.1 Å². The Balaban J connectivity index is 2.27. The summed E-state index contributed by atoms with van der Waals surface area (Å²) in [5.41, 5.74) is -0.105. The van der Waals surface area contributed by atoms with Crippen LogP contribution in [0.2, 0.25) is 0 Å². The number of anilines is 1. The van der Waals surface area contributed by atoms with Crippen LogP contribution in [0.4, 0.5) is 10.1 Å². The van der Waals surface area contributed by atoms with E-state index in [4.69, 9.17) is 10.4 Å². The largest absolute Gasteiger partial charge is 0.478 e. The Hall–Kier alpha value is -3.27. The van der Waals surface area contributed by atoms with Crippen molar-refractivity contribution in [3.05, 3.63) is 59.2 Å². The molecule has 0 saturated heterocycles. The molecule has 2 N–H and O–H groups in total. The van der Waals surface area contributed by atoms with E-state index in [0.717, 1.165) is 18.2 Å². The number of carbonyl (C=O) groups excluding carboxylic acids is 1. The average Bonchev–Trinajstić information content (AvgIpc) is 2.49. The van der Waals surface area contributed by atoms with Gasteiger partial charge in [-0.2, -0.15) is 5.26 Å². The predicted molar refractivity (Wildman–Crippen MR) is 70.3 cm³/mol. The lowest BCUT2D eigenvalue weighted by molar-refractivity contribution is 0.0697. The van der Waals surface area contributed by atoms with E-state index in [1.54, 1.807) is 0 Å². The molecule has 0 aliphatic heterocycles. The number of aromatic nitrogens is 1. The van der Waals surface area contributed by atoms with Crippen LogP contribution in [-0.4, -0.2) is 22.0 Å². The van der Waals surface area contributed by atoms with Crippen molar-refractivity contribution in [2.24, 2.45) is 0 Å². The third-order valence-electron chi connectivity index (χ3n) is 2.59. The zero-order valence-corrected chi connectivity index (χ0v) is 10.5. The fourth-order valence-corrected chi connectivity index (χ4v) is 1.58. The molecule has 6 nitrogen and oxygen atoms in total. The molecular formula is C14H8FN3O3. The molecule has 1 aromatic heterocycles. The van der Waals surface area contributed by atoms with Crippen molar-refractivity contribution in [2.45, 2.75) is 0 Å². The highest BCUT2D eigenvalue weighted by Gasteiger charge is 2.15. The molecule has 0 unspecified atom stereocenters. The molecule has 1 aromatic carbocycles. The van der Waals surface area contributed by atoms with E-state index in [2.05, 4.69) is 10.3 Å². The van der Waals surface area contributed by atoms with Gasteiger partial charge < -0.3 is 10.4 Å². The van der Waals surface area contributed by atoms with Crippen LogP contribution in [0.3, 0.4) is 0 Å². The summed E-state index contributed by atoms with van der Waals surface area (Å²) in [4.78, 5) is 26.7. The summed E-state index contributed by atoms with van der Waals surface area (Å²) < 4.78 is 13.0. The van der Waals surface area contributed by atoms with Gasteiger partial charge in [-0.15, -0.1) is 0 Å². The molecular weight excluding hydrogens is 277 g/mol. The van der Waals surface area contributed by atoms with Gasteiger partial charge in [-0.3, -0.25) is 4.79 Å². The zero-order valence-electron chi connectivity index (χ0n) is 10.5. The number of nitriles is 1. The van der Waals surface area contributed by atoms with Crippen molar-refractivity contribution in [1.82, 2.24) is 4.98 Å². The highest BCUT2D eigenvalue weighted by Crippen LogP contribution is 2.18. The number of nitrogens with one attached hydrogen (secondary N) is 1. The summed E-state index contributed by atoms with van der Waals surface area (Å²) in [5, 5.41) is 19.9. The van der Waals surface area contributed by atoms with Crippen molar-refractivity contribution < 1.29 is 19.1 Å². The number of benzene rings is 1. The smallest absolute Gasteiger partial charge is 0.337 e. The number of carboxylic acids is 1. The first-order chi connectivity index (χ1) is 10.0. The lowest BCUT2D eigenvalue weighted by Gasteiger charge is -2.08. The van der Waals surface area contributed by atoms with Gasteiger partial charge in [-0.05, 0) is 30.3 Å². The number of amides is 1. The number of pyridine rings is 1. The first-order valence-electron chi connectivity index (χ1n) is 5.71.